The molecule has 3 aliphatic rings. The van der Waals surface area contributed by atoms with Gasteiger partial charge in [-0.05, 0) is 84.9 Å². The van der Waals surface area contributed by atoms with Gasteiger partial charge < -0.3 is 10.2 Å². The molecular weight excluding hydrogens is 416 g/mol. The van der Waals surface area contributed by atoms with Crippen molar-refractivity contribution in [3.05, 3.63) is 99.2 Å². The Balaban J connectivity index is 1.40. The predicted molar refractivity (Wildman–Crippen MR) is 132 cm³/mol. The summed E-state index contributed by atoms with van der Waals surface area (Å²) in [6, 6.07) is 14.8. The monoisotopic (exact) mass is 444 g/mol. The van der Waals surface area contributed by atoms with Gasteiger partial charge in [0.05, 0.1) is 12.5 Å². The number of aryl methyl sites for hydroxylation is 2. The Hall–Kier alpha value is -2.78. The van der Waals surface area contributed by atoms with Gasteiger partial charge in [0.2, 0.25) is 5.91 Å². The first-order valence-corrected chi connectivity index (χ1v) is 11.9. The van der Waals surface area contributed by atoms with Gasteiger partial charge in [0.1, 0.15) is 0 Å². The minimum absolute atomic E-state index is 0.215. The summed E-state index contributed by atoms with van der Waals surface area (Å²) in [6.07, 6.45) is 10.8. The summed E-state index contributed by atoms with van der Waals surface area (Å²) in [6.45, 7) is 3.64. The molecule has 2 aromatic carbocycles. The molecule has 0 bridgehead atoms. The number of piperidine rings is 1. The molecule has 0 spiro atoms. The molecule has 0 saturated carbocycles. The van der Waals surface area contributed by atoms with E-state index < -0.39 is 0 Å². The quantitative estimate of drug-likeness (QED) is 0.651. The van der Waals surface area contributed by atoms with Crippen molar-refractivity contribution in [3.8, 4) is 0 Å². The van der Waals surface area contributed by atoms with Crippen molar-refractivity contribution >= 4 is 23.1 Å². The molecule has 1 aliphatic carbocycles. The molecule has 5 rings (SSSR count). The Kier molecular flexibility index (Phi) is 5.93. The second kappa shape index (κ2) is 8.99. The molecule has 1 saturated heterocycles. The lowest BCUT2D eigenvalue weighted by atomic mass is 9.85. The summed E-state index contributed by atoms with van der Waals surface area (Å²) in [5.74, 6) is 0.229. The lowest BCUT2D eigenvalue weighted by Crippen LogP contribution is -2.38. The van der Waals surface area contributed by atoms with Crippen molar-refractivity contribution in [3.63, 3.8) is 0 Å². The fourth-order valence-electron chi connectivity index (χ4n) is 5.29. The van der Waals surface area contributed by atoms with E-state index >= 15 is 0 Å². The van der Waals surface area contributed by atoms with Crippen LogP contribution in [-0.4, -0.2) is 29.9 Å². The second-order valence-corrected chi connectivity index (χ2v) is 9.50. The normalized spacial score (nSPS) is 20.1. The number of rotatable bonds is 2. The van der Waals surface area contributed by atoms with E-state index in [0.717, 1.165) is 49.4 Å². The lowest BCUT2D eigenvalue weighted by molar-refractivity contribution is -0.130. The van der Waals surface area contributed by atoms with Gasteiger partial charge in [-0.1, -0.05) is 59.1 Å². The first-order chi connectivity index (χ1) is 15.6. The van der Waals surface area contributed by atoms with Crippen molar-refractivity contribution in [1.29, 1.82) is 0 Å². The van der Waals surface area contributed by atoms with Crippen LogP contribution in [0, 0.1) is 6.92 Å². The van der Waals surface area contributed by atoms with Gasteiger partial charge in [0, 0.05) is 18.1 Å². The molecule has 1 amide bonds. The first-order valence-electron chi connectivity index (χ1n) is 11.5. The number of fused-ring (bicyclic) bond motifs is 2. The van der Waals surface area contributed by atoms with Gasteiger partial charge in [-0.15, -0.1) is 0 Å². The smallest absolute Gasteiger partial charge is 0.227 e. The van der Waals surface area contributed by atoms with Crippen molar-refractivity contribution in [2.75, 3.05) is 13.1 Å². The van der Waals surface area contributed by atoms with Crippen LogP contribution >= 0.6 is 11.6 Å². The number of benzene rings is 2. The maximum Gasteiger partial charge on any atom is 0.227 e. The number of nitrogens with one attached hydrogen (secondary N) is 1. The summed E-state index contributed by atoms with van der Waals surface area (Å²) in [4.78, 5) is 15.0. The number of amides is 1. The molecule has 0 radical (unpaired) electrons. The van der Waals surface area contributed by atoms with Gasteiger partial charge in [0.15, 0.2) is 0 Å². The largest absolute Gasteiger partial charge is 0.380 e. The molecule has 4 heteroatoms. The molecule has 2 aromatic rings. The molecule has 1 atom stereocenters. The summed E-state index contributed by atoms with van der Waals surface area (Å²) in [7, 11) is 0. The third-order valence-electron chi connectivity index (χ3n) is 6.91. The van der Waals surface area contributed by atoms with Crippen LogP contribution in [0.4, 0.5) is 0 Å². The van der Waals surface area contributed by atoms with Crippen LogP contribution in [0.15, 0.2) is 72.0 Å². The number of nitrogens with zero attached hydrogens (tertiary/aromatic N) is 1. The Morgan fingerprint density at radius 3 is 2.75 bits per heavy atom. The zero-order valence-electron chi connectivity index (χ0n) is 18.5. The highest BCUT2D eigenvalue weighted by atomic mass is 35.5. The number of carbonyl (C=O) groups is 1. The van der Waals surface area contributed by atoms with Crippen LogP contribution in [0.1, 0.15) is 41.5 Å². The van der Waals surface area contributed by atoms with Crippen LogP contribution in [0.5, 0.6) is 0 Å². The van der Waals surface area contributed by atoms with E-state index in [0.29, 0.717) is 6.42 Å². The van der Waals surface area contributed by atoms with Crippen molar-refractivity contribution in [2.45, 2.75) is 45.1 Å². The zero-order chi connectivity index (χ0) is 22.1. The van der Waals surface area contributed by atoms with Crippen LogP contribution in [0.2, 0.25) is 5.02 Å². The fraction of sp³-hybridized carbons (Fsp3) is 0.321. The zero-order valence-corrected chi connectivity index (χ0v) is 19.3. The lowest BCUT2D eigenvalue weighted by Gasteiger charge is -2.33. The third kappa shape index (κ3) is 4.27. The Labute approximate surface area is 195 Å². The van der Waals surface area contributed by atoms with Crippen molar-refractivity contribution < 1.29 is 4.79 Å². The van der Waals surface area contributed by atoms with Gasteiger partial charge in [-0.25, -0.2) is 0 Å². The standard InChI is InChI=1S/C28H29ClN2O/c1-19-4-2-5-20(16-19)17-26(32)31-14-11-21(12-15-31)27-25-10-9-24(29)18-23(25)8-7-22-6-3-13-30-28(22)27/h2-6,9-10,13,16,18,28,30H,7-8,11-12,14-15,17H2,1H3. The summed E-state index contributed by atoms with van der Waals surface area (Å²) >= 11 is 6.34. The molecule has 2 heterocycles. The molecule has 164 valence electrons. The van der Waals surface area contributed by atoms with Crippen LogP contribution in [0.3, 0.4) is 0 Å². The molecule has 3 nitrogen and oxygen atoms in total. The van der Waals surface area contributed by atoms with E-state index in [1.807, 2.05) is 23.1 Å². The predicted octanol–water partition coefficient (Wildman–Crippen LogP) is 5.63. The second-order valence-electron chi connectivity index (χ2n) is 9.07. The number of hydrogen-bond acceptors (Lipinski definition) is 2. The topological polar surface area (TPSA) is 32.3 Å². The number of hydrogen-bond donors (Lipinski definition) is 1. The molecule has 1 unspecified atom stereocenters. The molecule has 2 aliphatic heterocycles. The third-order valence-corrected chi connectivity index (χ3v) is 7.14. The molecular formula is C28H29ClN2O. The number of halogens is 1. The summed E-state index contributed by atoms with van der Waals surface area (Å²) in [5.41, 5.74) is 9.24. The minimum Gasteiger partial charge on any atom is -0.380 e. The summed E-state index contributed by atoms with van der Waals surface area (Å²) < 4.78 is 0. The van der Waals surface area contributed by atoms with Crippen LogP contribution < -0.4 is 5.32 Å². The number of carbonyl (C=O) groups excluding carboxylic acids is 1. The molecule has 32 heavy (non-hydrogen) atoms. The van der Waals surface area contributed by atoms with E-state index in [1.165, 1.54) is 33.4 Å². The highest BCUT2D eigenvalue weighted by molar-refractivity contribution is 6.30. The number of likely N-dealkylation sites (tertiary alicyclic amines) is 1. The Morgan fingerprint density at radius 2 is 1.94 bits per heavy atom. The Bertz CT molecular complexity index is 1130. The van der Waals surface area contributed by atoms with E-state index in [9.17, 15) is 4.79 Å². The van der Waals surface area contributed by atoms with E-state index in [2.05, 4.69) is 54.9 Å². The van der Waals surface area contributed by atoms with E-state index in [1.54, 1.807) is 0 Å². The fourth-order valence-corrected chi connectivity index (χ4v) is 5.48. The van der Waals surface area contributed by atoms with Gasteiger partial charge in [-0.3, -0.25) is 4.79 Å². The van der Waals surface area contributed by atoms with Gasteiger partial charge >= 0.3 is 0 Å². The van der Waals surface area contributed by atoms with Crippen LogP contribution in [-0.2, 0) is 17.6 Å². The SMILES string of the molecule is Cc1cccc(CC(=O)N2CCC(=C3c4ccc(Cl)cc4CCC4=CC=CNC43)CC2)c1. The van der Waals surface area contributed by atoms with E-state index in [-0.39, 0.29) is 11.9 Å². The van der Waals surface area contributed by atoms with Crippen LogP contribution in [0.25, 0.3) is 5.57 Å². The van der Waals surface area contributed by atoms with E-state index in [4.69, 9.17) is 11.6 Å². The number of dihydropyridines is 1. The van der Waals surface area contributed by atoms with Gasteiger partial charge in [0.25, 0.3) is 0 Å². The van der Waals surface area contributed by atoms with Crippen molar-refractivity contribution in [2.24, 2.45) is 0 Å². The first kappa shape index (κ1) is 21.1. The summed E-state index contributed by atoms with van der Waals surface area (Å²) in [5, 5.41) is 4.42. The average molecular weight is 445 g/mol. The molecule has 1 fully saturated rings. The average Bonchev–Trinajstić information content (AvgIpc) is 2.96. The Morgan fingerprint density at radius 1 is 1.09 bits per heavy atom. The number of allylic oxidation sites excluding steroid dienone is 2. The maximum absolute atomic E-state index is 12.9. The van der Waals surface area contributed by atoms with Crippen molar-refractivity contribution in [1.82, 2.24) is 10.2 Å². The highest BCUT2D eigenvalue weighted by Crippen LogP contribution is 2.39. The highest BCUT2D eigenvalue weighted by Gasteiger charge is 2.30. The molecule has 0 aromatic heterocycles. The van der Waals surface area contributed by atoms with Gasteiger partial charge in [-0.2, -0.15) is 0 Å². The maximum atomic E-state index is 12.9. The molecule has 1 N–H and O–H groups in total. The minimum atomic E-state index is 0.215.